The third-order valence-electron chi connectivity index (χ3n) is 5.57. The minimum atomic E-state index is 0.711. The Morgan fingerprint density at radius 1 is 0.818 bits per heavy atom. The molecule has 160 valence electrons. The smallest absolute Gasteiger partial charge is 0.142 e. The zero-order valence-corrected chi connectivity index (χ0v) is 19.2. The lowest BCUT2D eigenvalue weighted by molar-refractivity contribution is 0.785. The van der Waals surface area contributed by atoms with E-state index >= 15 is 0 Å². The van der Waals surface area contributed by atoms with Crippen LogP contribution >= 0.6 is 15.9 Å². The van der Waals surface area contributed by atoms with E-state index in [1.165, 1.54) is 0 Å². The molecule has 3 aromatic carbocycles. The maximum Gasteiger partial charge on any atom is 0.142 e. The average molecular weight is 496 g/mol. The summed E-state index contributed by atoms with van der Waals surface area (Å²) in [5, 5.41) is 13.9. The topological polar surface area (TPSA) is 77.2 Å². The van der Waals surface area contributed by atoms with Crippen molar-refractivity contribution in [3.63, 3.8) is 0 Å². The predicted molar refractivity (Wildman–Crippen MR) is 131 cm³/mol. The van der Waals surface area contributed by atoms with Gasteiger partial charge in [-0.3, -0.25) is 0 Å². The first-order valence-electron chi connectivity index (χ1n) is 10.5. The molecule has 7 nitrogen and oxygen atoms in total. The van der Waals surface area contributed by atoms with E-state index in [4.69, 9.17) is 10.1 Å². The molecular weight excluding hydrogens is 478 g/mol. The quantitative estimate of drug-likeness (QED) is 0.338. The SMILES string of the molecule is Cc1c(-c2nn(-c3ccccc3)cc2-c2nc3ccccc3[nH]2)nnn1-c1ccc(Br)cc1. The van der Waals surface area contributed by atoms with Crippen LogP contribution in [0.1, 0.15) is 5.69 Å². The number of para-hydroxylation sites is 3. The molecule has 0 aliphatic rings. The fourth-order valence-corrected chi connectivity index (χ4v) is 4.16. The molecule has 1 N–H and O–H groups in total. The Labute approximate surface area is 197 Å². The Kier molecular flexibility index (Phi) is 4.66. The van der Waals surface area contributed by atoms with Crippen molar-refractivity contribution in [1.82, 2.24) is 34.7 Å². The predicted octanol–water partition coefficient (Wildman–Crippen LogP) is 5.73. The van der Waals surface area contributed by atoms with E-state index in [1.54, 1.807) is 0 Å². The fraction of sp³-hybridized carbons (Fsp3) is 0.0400. The molecule has 0 spiro atoms. The first-order chi connectivity index (χ1) is 16.2. The number of hydrogen-bond acceptors (Lipinski definition) is 4. The minimum Gasteiger partial charge on any atom is -0.338 e. The van der Waals surface area contributed by atoms with Gasteiger partial charge in [0.1, 0.15) is 17.2 Å². The number of H-pyrrole nitrogens is 1. The Balaban J connectivity index is 1.54. The first-order valence-corrected chi connectivity index (χ1v) is 11.3. The lowest BCUT2D eigenvalue weighted by atomic mass is 10.1. The Hall–Kier alpha value is -4.04. The molecule has 0 radical (unpaired) electrons. The molecule has 0 amide bonds. The number of nitrogens with one attached hydrogen (secondary N) is 1. The molecule has 3 heterocycles. The van der Waals surface area contributed by atoms with Crippen molar-refractivity contribution in [3.8, 4) is 34.2 Å². The van der Waals surface area contributed by atoms with Crippen LogP contribution in [0.15, 0.2) is 89.5 Å². The van der Waals surface area contributed by atoms with Crippen LogP contribution in [0.25, 0.3) is 45.2 Å². The molecular formula is C25H18BrN7. The van der Waals surface area contributed by atoms with Gasteiger partial charge in [0, 0.05) is 10.7 Å². The van der Waals surface area contributed by atoms with Crippen LogP contribution in [0.3, 0.4) is 0 Å². The molecule has 0 fully saturated rings. The molecule has 0 unspecified atom stereocenters. The monoisotopic (exact) mass is 495 g/mol. The second kappa shape index (κ2) is 7.83. The highest BCUT2D eigenvalue weighted by Crippen LogP contribution is 2.33. The molecule has 33 heavy (non-hydrogen) atoms. The van der Waals surface area contributed by atoms with E-state index in [2.05, 4.69) is 31.2 Å². The Morgan fingerprint density at radius 2 is 1.58 bits per heavy atom. The number of nitrogens with zero attached hydrogens (tertiary/aromatic N) is 6. The summed E-state index contributed by atoms with van der Waals surface area (Å²) in [5.74, 6) is 0.742. The van der Waals surface area contributed by atoms with Crippen molar-refractivity contribution in [2.45, 2.75) is 6.92 Å². The standard InChI is InChI=1S/C25H18BrN7/c1-16-23(29-31-33(16)19-13-11-17(26)12-14-19)24-20(15-32(30-24)18-7-3-2-4-8-18)25-27-21-9-5-6-10-22(21)28-25/h2-15H,1H3,(H,27,28). The van der Waals surface area contributed by atoms with E-state index < -0.39 is 0 Å². The van der Waals surface area contributed by atoms with Gasteiger partial charge in [0.05, 0.1) is 33.7 Å². The molecule has 3 aromatic heterocycles. The van der Waals surface area contributed by atoms with Crippen LogP contribution in [0.4, 0.5) is 0 Å². The second-order valence-corrected chi connectivity index (χ2v) is 8.60. The lowest BCUT2D eigenvalue weighted by Crippen LogP contribution is -1.99. The number of imidazole rings is 1. The van der Waals surface area contributed by atoms with Gasteiger partial charge in [0.2, 0.25) is 0 Å². The Morgan fingerprint density at radius 3 is 2.36 bits per heavy atom. The molecule has 8 heteroatoms. The number of rotatable bonds is 4. The molecule has 0 aliphatic carbocycles. The number of fused-ring (bicyclic) bond motifs is 1. The number of aromatic nitrogens is 7. The van der Waals surface area contributed by atoms with Gasteiger partial charge in [-0.25, -0.2) is 14.3 Å². The molecule has 0 saturated heterocycles. The first kappa shape index (κ1) is 19.6. The van der Waals surface area contributed by atoms with Crippen LogP contribution in [-0.2, 0) is 0 Å². The van der Waals surface area contributed by atoms with Crippen molar-refractivity contribution >= 4 is 27.0 Å². The zero-order chi connectivity index (χ0) is 22.4. The van der Waals surface area contributed by atoms with Crippen molar-refractivity contribution in [1.29, 1.82) is 0 Å². The van der Waals surface area contributed by atoms with Crippen molar-refractivity contribution in [3.05, 3.63) is 95.2 Å². The zero-order valence-electron chi connectivity index (χ0n) is 17.6. The number of benzene rings is 3. The van der Waals surface area contributed by atoms with Crippen LogP contribution in [0.2, 0.25) is 0 Å². The van der Waals surface area contributed by atoms with E-state index in [9.17, 15) is 0 Å². The van der Waals surface area contributed by atoms with Crippen LogP contribution in [0, 0.1) is 6.92 Å². The largest absolute Gasteiger partial charge is 0.338 e. The highest BCUT2D eigenvalue weighted by atomic mass is 79.9. The van der Waals surface area contributed by atoms with Gasteiger partial charge in [0.15, 0.2) is 0 Å². The molecule has 0 atom stereocenters. The van der Waals surface area contributed by atoms with Gasteiger partial charge in [-0.1, -0.05) is 51.5 Å². The minimum absolute atomic E-state index is 0.711. The fourth-order valence-electron chi connectivity index (χ4n) is 3.89. The van der Waals surface area contributed by atoms with Crippen molar-refractivity contribution < 1.29 is 0 Å². The molecule has 6 rings (SSSR count). The maximum absolute atomic E-state index is 4.91. The third kappa shape index (κ3) is 3.44. The summed E-state index contributed by atoms with van der Waals surface area (Å²) in [6, 6.07) is 26.0. The number of hydrogen-bond donors (Lipinski definition) is 1. The Bertz CT molecular complexity index is 1540. The summed E-state index contributed by atoms with van der Waals surface area (Å²) < 4.78 is 4.69. The van der Waals surface area contributed by atoms with Gasteiger partial charge in [-0.05, 0) is 55.5 Å². The summed E-state index contributed by atoms with van der Waals surface area (Å²) in [6.45, 7) is 2.00. The summed E-state index contributed by atoms with van der Waals surface area (Å²) in [5.41, 5.74) is 6.96. The van der Waals surface area contributed by atoms with E-state index in [1.807, 2.05) is 101 Å². The lowest BCUT2D eigenvalue weighted by Gasteiger charge is -2.04. The van der Waals surface area contributed by atoms with Crippen LogP contribution in [0.5, 0.6) is 0 Å². The summed E-state index contributed by atoms with van der Waals surface area (Å²) in [6.07, 6.45) is 1.99. The van der Waals surface area contributed by atoms with Gasteiger partial charge < -0.3 is 4.98 Å². The number of halogens is 1. The van der Waals surface area contributed by atoms with Gasteiger partial charge in [-0.2, -0.15) is 5.10 Å². The molecule has 6 aromatic rings. The van der Waals surface area contributed by atoms with Gasteiger partial charge >= 0.3 is 0 Å². The van der Waals surface area contributed by atoms with Crippen molar-refractivity contribution in [2.75, 3.05) is 0 Å². The number of aromatic amines is 1. The van der Waals surface area contributed by atoms with E-state index in [0.29, 0.717) is 5.69 Å². The van der Waals surface area contributed by atoms with E-state index in [-0.39, 0.29) is 0 Å². The van der Waals surface area contributed by atoms with Crippen molar-refractivity contribution in [2.24, 2.45) is 0 Å². The average Bonchev–Trinajstić information content (AvgIpc) is 3.56. The molecule has 0 bridgehead atoms. The van der Waals surface area contributed by atoms with Crippen LogP contribution in [-0.4, -0.2) is 34.7 Å². The molecule has 0 aliphatic heterocycles. The second-order valence-electron chi connectivity index (χ2n) is 7.69. The van der Waals surface area contributed by atoms with Gasteiger partial charge in [-0.15, -0.1) is 5.10 Å². The summed E-state index contributed by atoms with van der Waals surface area (Å²) in [7, 11) is 0. The highest BCUT2D eigenvalue weighted by Gasteiger charge is 2.22. The normalized spacial score (nSPS) is 11.3. The van der Waals surface area contributed by atoms with Gasteiger partial charge in [0.25, 0.3) is 0 Å². The van der Waals surface area contributed by atoms with E-state index in [0.717, 1.165) is 49.7 Å². The third-order valence-corrected chi connectivity index (χ3v) is 6.10. The summed E-state index contributed by atoms with van der Waals surface area (Å²) in [4.78, 5) is 8.24. The maximum atomic E-state index is 4.91. The molecule has 0 saturated carbocycles. The highest BCUT2D eigenvalue weighted by molar-refractivity contribution is 9.10. The summed E-state index contributed by atoms with van der Waals surface area (Å²) >= 11 is 3.48. The van der Waals surface area contributed by atoms with Crippen LogP contribution < -0.4 is 0 Å².